The number of nitrogens with two attached hydrogens (primary N) is 1. The Hall–Kier alpha value is -2.30. The molecule has 1 aliphatic heterocycles. The molecule has 27 heavy (non-hydrogen) atoms. The molecule has 1 aromatic carbocycles. The highest BCUT2D eigenvalue weighted by molar-refractivity contribution is 8.01. The van der Waals surface area contributed by atoms with E-state index in [2.05, 4.69) is 10.6 Å². The lowest BCUT2D eigenvalue weighted by atomic mass is 10.0. The van der Waals surface area contributed by atoms with Gasteiger partial charge in [0.25, 0.3) is 0 Å². The summed E-state index contributed by atoms with van der Waals surface area (Å²) in [5.41, 5.74) is 6.39. The molecule has 0 spiro atoms. The molecule has 2 rings (SSSR count). The number of methoxy groups -OCH3 is 1. The molecule has 1 fully saturated rings. The average Bonchev–Trinajstić information content (AvgIpc) is 2.94. The number of aromatic hydroxyl groups is 1. The van der Waals surface area contributed by atoms with Crippen molar-refractivity contribution in [3.63, 3.8) is 0 Å². The molecule has 0 aromatic heterocycles. The molecule has 1 saturated heterocycles. The number of benzene rings is 1. The zero-order valence-corrected chi connectivity index (χ0v) is 15.9. The Kier molecular flexibility index (Phi) is 6.34. The summed E-state index contributed by atoms with van der Waals surface area (Å²) >= 11 is 1.23. The van der Waals surface area contributed by atoms with Crippen molar-refractivity contribution in [1.82, 2.24) is 10.6 Å². The van der Waals surface area contributed by atoms with E-state index in [4.69, 9.17) is 10.5 Å². The topological polar surface area (TPSA) is 151 Å². The molecule has 6 N–H and O–H groups in total. The number of aliphatic carboxylic acids is 1. The first-order valence-electron chi connectivity index (χ1n) is 8.16. The van der Waals surface area contributed by atoms with Crippen LogP contribution in [0.4, 0.5) is 0 Å². The van der Waals surface area contributed by atoms with Crippen molar-refractivity contribution in [1.29, 1.82) is 0 Å². The van der Waals surface area contributed by atoms with Crippen molar-refractivity contribution >= 4 is 29.6 Å². The summed E-state index contributed by atoms with van der Waals surface area (Å²) in [6.45, 7) is 3.48. The zero-order chi connectivity index (χ0) is 20.4. The molecule has 0 aliphatic carbocycles. The maximum atomic E-state index is 12.5. The Morgan fingerprint density at radius 1 is 1.30 bits per heavy atom. The van der Waals surface area contributed by atoms with Crippen LogP contribution in [0.1, 0.15) is 25.5 Å². The summed E-state index contributed by atoms with van der Waals surface area (Å²) < 4.78 is 4.06. The lowest BCUT2D eigenvalue weighted by molar-refractivity contribution is -0.146. The fourth-order valence-corrected chi connectivity index (χ4v) is 4.27. The molecule has 0 saturated carbocycles. The highest BCUT2D eigenvalue weighted by Crippen LogP contribution is 2.39. The number of carboxylic acids is 1. The summed E-state index contributed by atoms with van der Waals surface area (Å²) in [6, 6.07) is 2.69. The van der Waals surface area contributed by atoms with Crippen LogP contribution >= 0.6 is 11.8 Å². The van der Waals surface area contributed by atoms with Crippen molar-refractivity contribution in [2.75, 3.05) is 7.11 Å². The first-order chi connectivity index (χ1) is 12.6. The van der Waals surface area contributed by atoms with Gasteiger partial charge in [0, 0.05) is 4.75 Å². The summed E-state index contributed by atoms with van der Waals surface area (Å²) in [4.78, 5) is 36.2. The van der Waals surface area contributed by atoms with Gasteiger partial charge in [-0.05, 0) is 31.5 Å². The van der Waals surface area contributed by atoms with Gasteiger partial charge >= 0.3 is 11.9 Å². The minimum Gasteiger partial charge on any atom is -0.508 e. The second kappa shape index (κ2) is 8.15. The van der Waals surface area contributed by atoms with Crippen LogP contribution in [0.15, 0.2) is 24.3 Å². The molecule has 0 bridgehead atoms. The van der Waals surface area contributed by atoms with Gasteiger partial charge in [-0.2, -0.15) is 0 Å². The van der Waals surface area contributed by atoms with Gasteiger partial charge in [-0.15, -0.1) is 11.8 Å². The van der Waals surface area contributed by atoms with Crippen LogP contribution < -0.4 is 16.4 Å². The second-order valence-corrected chi connectivity index (χ2v) is 8.45. The molecule has 148 valence electrons. The summed E-state index contributed by atoms with van der Waals surface area (Å²) in [5.74, 6) is -2.36. The van der Waals surface area contributed by atoms with Crippen molar-refractivity contribution in [2.45, 2.75) is 42.1 Å². The van der Waals surface area contributed by atoms with Crippen molar-refractivity contribution in [3.05, 3.63) is 29.8 Å². The number of carboxylic acid groups (broad SMARTS) is 1. The van der Waals surface area contributed by atoms with E-state index in [1.54, 1.807) is 13.8 Å². The minimum absolute atomic E-state index is 0.0345. The SMILES string of the molecule is COC(=O)C(NC(=O)[C@H](N)c1ccc(O)cc1)C1N[C@@H](C(=O)O)C(C)(C)S1. The average molecular weight is 397 g/mol. The van der Waals surface area contributed by atoms with E-state index < -0.39 is 46.1 Å². The lowest BCUT2D eigenvalue weighted by Gasteiger charge is -2.24. The molecule has 4 atom stereocenters. The smallest absolute Gasteiger partial charge is 0.330 e. The van der Waals surface area contributed by atoms with Crippen LogP contribution in [-0.4, -0.2) is 57.4 Å². The third kappa shape index (κ3) is 4.71. The number of carbonyl (C=O) groups is 3. The van der Waals surface area contributed by atoms with Gasteiger partial charge in [-0.1, -0.05) is 12.1 Å². The fraction of sp³-hybridized carbons (Fsp3) is 0.471. The quantitative estimate of drug-likeness (QED) is 0.416. The van der Waals surface area contributed by atoms with Gasteiger partial charge in [-0.25, -0.2) is 4.79 Å². The summed E-state index contributed by atoms with van der Waals surface area (Å²) in [6.07, 6.45) is 0. The first-order valence-corrected chi connectivity index (χ1v) is 9.04. The van der Waals surface area contributed by atoms with E-state index in [0.717, 1.165) is 0 Å². The number of rotatable bonds is 6. The number of esters is 1. The van der Waals surface area contributed by atoms with Crippen LogP contribution in [0.5, 0.6) is 5.75 Å². The maximum absolute atomic E-state index is 12.5. The molecular formula is C17H23N3O6S. The number of carbonyl (C=O) groups excluding carboxylic acids is 2. The normalized spacial score (nSPS) is 23.3. The summed E-state index contributed by atoms with van der Waals surface area (Å²) in [7, 11) is 1.18. The molecule has 2 unspecified atom stereocenters. The number of nitrogens with one attached hydrogen (secondary N) is 2. The Balaban J connectivity index is 2.17. The van der Waals surface area contributed by atoms with E-state index in [1.165, 1.54) is 43.1 Å². The third-order valence-electron chi connectivity index (χ3n) is 4.29. The Morgan fingerprint density at radius 3 is 2.37 bits per heavy atom. The predicted octanol–water partition coefficient (Wildman–Crippen LogP) is -0.0559. The van der Waals surface area contributed by atoms with E-state index >= 15 is 0 Å². The molecule has 1 heterocycles. The highest BCUT2D eigenvalue weighted by atomic mass is 32.2. The summed E-state index contributed by atoms with van der Waals surface area (Å²) in [5, 5.41) is 23.4. The van der Waals surface area contributed by atoms with Gasteiger partial charge in [-0.3, -0.25) is 14.9 Å². The van der Waals surface area contributed by atoms with Gasteiger partial charge in [0.15, 0.2) is 6.04 Å². The second-order valence-electron chi connectivity index (χ2n) is 6.66. The predicted molar refractivity (Wildman–Crippen MR) is 99.0 cm³/mol. The van der Waals surface area contributed by atoms with Crippen LogP contribution in [-0.2, 0) is 19.1 Å². The number of phenols is 1. The van der Waals surface area contributed by atoms with E-state index in [-0.39, 0.29) is 5.75 Å². The number of hydrogen-bond donors (Lipinski definition) is 5. The standard InChI is InChI=1S/C17H23N3O6S/c1-17(2)12(15(23)24)20-14(27-17)11(16(25)26-3)19-13(22)10(18)8-4-6-9(21)7-5-8/h4-7,10-12,14,20-21H,18H2,1-3H3,(H,19,22)(H,23,24)/t10-,11?,12+,14?/m1/s1. The monoisotopic (exact) mass is 397 g/mol. The number of hydrogen-bond acceptors (Lipinski definition) is 8. The Morgan fingerprint density at radius 2 is 1.89 bits per heavy atom. The molecule has 9 nitrogen and oxygen atoms in total. The molecular weight excluding hydrogens is 374 g/mol. The van der Waals surface area contributed by atoms with Gasteiger partial charge < -0.3 is 26.0 Å². The first kappa shape index (κ1) is 21.0. The van der Waals surface area contributed by atoms with Crippen molar-refractivity contribution in [2.24, 2.45) is 5.73 Å². The molecule has 0 radical (unpaired) electrons. The van der Waals surface area contributed by atoms with Crippen LogP contribution in [0.25, 0.3) is 0 Å². The highest BCUT2D eigenvalue weighted by Gasteiger charge is 2.49. The van der Waals surface area contributed by atoms with E-state index in [9.17, 15) is 24.6 Å². The number of amides is 1. The van der Waals surface area contributed by atoms with Crippen LogP contribution in [0.2, 0.25) is 0 Å². The number of thioether (sulfide) groups is 1. The van der Waals surface area contributed by atoms with Crippen molar-refractivity contribution < 1.29 is 29.3 Å². The number of phenolic OH excluding ortho intramolecular Hbond substituents is 1. The lowest BCUT2D eigenvalue weighted by Crippen LogP contribution is -2.55. The van der Waals surface area contributed by atoms with Crippen molar-refractivity contribution in [3.8, 4) is 5.75 Å². The molecule has 1 aliphatic rings. The number of ether oxygens (including phenoxy) is 1. The molecule has 1 amide bonds. The molecule has 10 heteroatoms. The molecule has 1 aromatic rings. The van der Waals surface area contributed by atoms with Crippen LogP contribution in [0.3, 0.4) is 0 Å². The Bertz CT molecular complexity index is 724. The fourth-order valence-electron chi connectivity index (χ4n) is 2.79. The van der Waals surface area contributed by atoms with Gasteiger partial charge in [0.2, 0.25) is 5.91 Å². The largest absolute Gasteiger partial charge is 0.508 e. The minimum atomic E-state index is -1.13. The third-order valence-corrected chi connectivity index (χ3v) is 5.80. The zero-order valence-electron chi connectivity index (χ0n) is 15.1. The Labute approximate surface area is 160 Å². The van der Waals surface area contributed by atoms with E-state index in [0.29, 0.717) is 5.56 Å². The van der Waals surface area contributed by atoms with Gasteiger partial charge in [0.1, 0.15) is 17.8 Å². The van der Waals surface area contributed by atoms with Crippen LogP contribution in [0, 0.1) is 0 Å². The van der Waals surface area contributed by atoms with E-state index in [1.807, 2.05) is 0 Å². The van der Waals surface area contributed by atoms with Gasteiger partial charge in [0.05, 0.1) is 12.5 Å². The maximum Gasteiger partial charge on any atom is 0.330 e.